The molecule has 0 rings (SSSR count). The molecule has 52 valence electrons. The van der Waals surface area contributed by atoms with Crippen LogP contribution in [-0.4, -0.2) is 22.6 Å². The summed E-state index contributed by atoms with van der Waals surface area (Å²) in [6.45, 7) is 2.10. The number of carbonyl (C=O) groups is 1. The van der Waals surface area contributed by atoms with E-state index in [1.807, 2.05) is 0 Å². The average Bonchev–Trinajstić information content (AvgIpc) is 1.64. The number of nitrogens with two attached hydrogens (primary N) is 1. The van der Waals surface area contributed by atoms with Crippen LogP contribution in [0.4, 0.5) is 4.79 Å². The highest BCUT2D eigenvalue weighted by Gasteiger charge is 2.07. The fourth-order valence-electron chi connectivity index (χ4n) is 0.409. The van der Waals surface area contributed by atoms with E-state index in [2.05, 4.69) is 12.6 Å². The van der Waals surface area contributed by atoms with Crippen molar-refractivity contribution < 1.29 is 4.79 Å². The molecular formula is C4H9N3OS. The van der Waals surface area contributed by atoms with Gasteiger partial charge in [0.15, 0.2) is 5.96 Å². The van der Waals surface area contributed by atoms with Crippen LogP contribution in [0.2, 0.25) is 0 Å². The molecule has 0 saturated heterocycles. The lowest BCUT2D eigenvalue weighted by Crippen LogP contribution is -2.37. The van der Waals surface area contributed by atoms with E-state index in [1.165, 1.54) is 0 Å². The maximum absolute atomic E-state index is 10.4. The zero-order valence-corrected chi connectivity index (χ0v) is 5.98. The number of hydrogen-bond donors (Lipinski definition) is 3. The predicted molar refractivity (Wildman–Crippen MR) is 38.7 cm³/mol. The monoisotopic (exact) mass is 147 g/mol. The molecule has 0 spiro atoms. The molecule has 4 nitrogen and oxygen atoms in total. The van der Waals surface area contributed by atoms with Gasteiger partial charge in [0, 0.05) is 6.54 Å². The Morgan fingerprint density at radius 3 is 2.33 bits per heavy atom. The Morgan fingerprint density at radius 2 is 2.33 bits per heavy atom. The first-order valence-electron chi connectivity index (χ1n) is 2.44. The molecule has 0 atom stereocenters. The van der Waals surface area contributed by atoms with Gasteiger partial charge >= 0.3 is 0 Å². The van der Waals surface area contributed by atoms with Crippen LogP contribution in [0.5, 0.6) is 0 Å². The third-order valence-corrected chi connectivity index (χ3v) is 1.08. The van der Waals surface area contributed by atoms with Crippen LogP contribution < -0.4 is 5.73 Å². The Morgan fingerprint density at radius 1 is 1.89 bits per heavy atom. The second-order valence-electron chi connectivity index (χ2n) is 1.41. The van der Waals surface area contributed by atoms with Crippen molar-refractivity contribution in [1.82, 2.24) is 4.90 Å². The average molecular weight is 147 g/mol. The Kier molecular flexibility index (Phi) is 3.08. The smallest absolute Gasteiger partial charge is 0.285 e. The van der Waals surface area contributed by atoms with E-state index in [0.29, 0.717) is 6.54 Å². The normalized spacial score (nSPS) is 8.67. The van der Waals surface area contributed by atoms with Gasteiger partial charge in [-0.15, -0.1) is 0 Å². The van der Waals surface area contributed by atoms with Crippen LogP contribution in [0.3, 0.4) is 0 Å². The van der Waals surface area contributed by atoms with Crippen molar-refractivity contribution in [2.45, 2.75) is 6.92 Å². The minimum atomic E-state index is -0.495. The van der Waals surface area contributed by atoms with Gasteiger partial charge < -0.3 is 5.73 Å². The lowest BCUT2D eigenvalue weighted by atomic mass is 10.6. The van der Waals surface area contributed by atoms with Gasteiger partial charge in [0.2, 0.25) is 0 Å². The maximum Gasteiger partial charge on any atom is 0.285 e. The SMILES string of the molecule is CCN(C(=N)N)C(=O)S. The van der Waals surface area contributed by atoms with Gasteiger partial charge in [0.05, 0.1) is 0 Å². The molecule has 0 aliphatic heterocycles. The first-order chi connectivity index (χ1) is 4.09. The lowest BCUT2D eigenvalue weighted by molar-refractivity contribution is 0.245. The van der Waals surface area contributed by atoms with Crippen LogP contribution in [0.25, 0.3) is 0 Å². The number of nitrogens with one attached hydrogen (secondary N) is 1. The topological polar surface area (TPSA) is 70.2 Å². The van der Waals surface area contributed by atoms with Gasteiger partial charge in [0.1, 0.15) is 0 Å². The minimum Gasteiger partial charge on any atom is -0.370 e. The van der Waals surface area contributed by atoms with Crippen LogP contribution in [0.15, 0.2) is 0 Å². The van der Waals surface area contributed by atoms with Crippen LogP contribution >= 0.6 is 12.6 Å². The molecule has 0 aromatic carbocycles. The van der Waals surface area contributed by atoms with E-state index in [0.717, 1.165) is 4.90 Å². The molecule has 0 unspecified atom stereocenters. The largest absolute Gasteiger partial charge is 0.370 e. The number of rotatable bonds is 1. The molecule has 3 N–H and O–H groups in total. The standard InChI is InChI=1S/C4H9N3OS/c1-2-7(3(5)6)4(8)9/h2H2,1H3,(H3,5,6)(H,8,9). The van der Waals surface area contributed by atoms with Gasteiger partial charge in [-0.3, -0.25) is 15.1 Å². The van der Waals surface area contributed by atoms with Crippen LogP contribution in [0.1, 0.15) is 6.92 Å². The Bertz CT molecular complexity index is 122. The fraction of sp³-hybridized carbons (Fsp3) is 0.500. The number of guanidine groups is 1. The van der Waals surface area contributed by atoms with Crippen molar-refractivity contribution in [3.05, 3.63) is 0 Å². The molecule has 1 amide bonds. The van der Waals surface area contributed by atoms with Gasteiger partial charge in [-0.1, -0.05) is 12.6 Å². The molecule has 0 bridgehead atoms. The van der Waals surface area contributed by atoms with E-state index < -0.39 is 5.24 Å². The number of hydrogen-bond acceptors (Lipinski definition) is 2. The van der Waals surface area contributed by atoms with Crippen molar-refractivity contribution >= 4 is 23.8 Å². The highest BCUT2D eigenvalue weighted by atomic mass is 32.1. The zero-order chi connectivity index (χ0) is 7.44. The molecule has 9 heavy (non-hydrogen) atoms. The summed E-state index contributed by atoms with van der Waals surface area (Å²) in [4.78, 5) is 11.4. The molecule has 0 aromatic rings. The van der Waals surface area contributed by atoms with Gasteiger partial charge in [-0.2, -0.15) is 0 Å². The zero-order valence-electron chi connectivity index (χ0n) is 5.09. The lowest BCUT2D eigenvalue weighted by Gasteiger charge is -2.13. The summed E-state index contributed by atoms with van der Waals surface area (Å²) in [6.07, 6.45) is 0. The van der Waals surface area contributed by atoms with Crippen molar-refractivity contribution in [2.75, 3.05) is 6.54 Å². The maximum atomic E-state index is 10.4. The van der Waals surface area contributed by atoms with Crippen molar-refractivity contribution in [2.24, 2.45) is 5.73 Å². The summed E-state index contributed by atoms with van der Waals surface area (Å²) in [6, 6.07) is 0. The van der Waals surface area contributed by atoms with Crippen molar-refractivity contribution in [3.8, 4) is 0 Å². The number of thiol groups is 1. The molecule has 0 aromatic heterocycles. The molecule has 0 saturated carbocycles. The van der Waals surface area contributed by atoms with Crippen LogP contribution in [0, 0.1) is 5.41 Å². The fourth-order valence-corrected chi connectivity index (χ4v) is 0.658. The summed E-state index contributed by atoms with van der Waals surface area (Å²) in [7, 11) is 0. The summed E-state index contributed by atoms with van der Waals surface area (Å²) in [5.74, 6) is -0.266. The quantitative estimate of drug-likeness (QED) is 0.283. The Balaban J connectivity index is 3.99. The summed E-state index contributed by atoms with van der Waals surface area (Å²) >= 11 is 3.48. The van der Waals surface area contributed by atoms with E-state index in [9.17, 15) is 4.79 Å². The molecular weight excluding hydrogens is 138 g/mol. The molecule has 0 fully saturated rings. The van der Waals surface area contributed by atoms with Gasteiger partial charge in [-0.05, 0) is 6.92 Å². The van der Waals surface area contributed by atoms with Crippen molar-refractivity contribution in [1.29, 1.82) is 5.41 Å². The second-order valence-corrected chi connectivity index (χ2v) is 1.79. The van der Waals surface area contributed by atoms with E-state index >= 15 is 0 Å². The first kappa shape index (κ1) is 8.29. The van der Waals surface area contributed by atoms with Crippen molar-refractivity contribution in [3.63, 3.8) is 0 Å². The number of nitrogens with zero attached hydrogens (tertiary/aromatic N) is 1. The number of amides is 1. The molecule has 5 heteroatoms. The van der Waals surface area contributed by atoms with E-state index in [1.54, 1.807) is 6.92 Å². The summed E-state index contributed by atoms with van der Waals surface area (Å²) < 4.78 is 0. The Labute approximate surface area is 58.9 Å². The second kappa shape index (κ2) is 3.34. The summed E-state index contributed by atoms with van der Waals surface area (Å²) in [5, 5.41) is 6.32. The Hall–Kier alpha value is -0.710. The highest BCUT2D eigenvalue weighted by molar-refractivity contribution is 7.96. The first-order valence-corrected chi connectivity index (χ1v) is 2.88. The predicted octanol–water partition coefficient (Wildman–Crippen LogP) is 0.252. The third-order valence-electron chi connectivity index (χ3n) is 0.838. The molecule has 0 heterocycles. The molecule has 0 aliphatic rings. The number of carbonyl (C=O) groups excluding carboxylic acids is 1. The summed E-state index contributed by atoms with van der Waals surface area (Å²) in [5.41, 5.74) is 4.99. The van der Waals surface area contributed by atoms with E-state index in [4.69, 9.17) is 11.1 Å². The van der Waals surface area contributed by atoms with E-state index in [-0.39, 0.29) is 5.96 Å². The molecule has 0 radical (unpaired) electrons. The van der Waals surface area contributed by atoms with Gasteiger partial charge in [0.25, 0.3) is 5.24 Å². The van der Waals surface area contributed by atoms with Gasteiger partial charge in [-0.25, -0.2) is 0 Å². The third kappa shape index (κ3) is 2.36. The van der Waals surface area contributed by atoms with Crippen LogP contribution in [-0.2, 0) is 0 Å². The molecule has 0 aliphatic carbocycles. The highest BCUT2D eigenvalue weighted by Crippen LogP contribution is 1.92. The minimum absolute atomic E-state index is 0.266.